The van der Waals surface area contributed by atoms with Crippen molar-refractivity contribution in [3.8, 4) is 0 Å². The largest absolute Gasteiger partial charge is 0.481 e. The number of hydrogen-bond donors (Lipinski definition) is 1. The highest BCUT2D eigenvalue weighted by Gasteiger charge is 2.23. The summed E-state index contributed by atoms with van der Waals surface area (Å²) in [6, 6.07) is 8.74. The molecule has 0 amide bonds. The molecule has 0 atom stereocenters. The van der Waals surface area contributed by atoms with Crippen molar-refractivity contribution in [2.75, 3.05) is 32.8 Å². The Labute approximate surface area is 168 Å². The van der Waals surface area contributed by atoms with E-state index >= 15 is 0 Å². The molecule has 5 heteroatoms. The lowest BCUT2D eigenvalue weighted by atomic mass is 9.89. The Morgan fingerprint density at radius 2 is 1.93 bits per heavy atom. The van der Waals surface area contributed by atoms with Crippen LogP contribution in [-0.4, -0.2) is 53.4 Å². The standard InChI is InChI=1S/C23H34N2O3/c1-2-28-17-16-25-18-21(20-8-5-6-9-22(20)25)19-11-14-24(15-12-19)13-7-3-4-10-23(26)27/h5-6,8-9,18-19H,2-4,7,10-17H2,1H3,(H,26,27). The van der Waals surface area contributed by atoms with Crippen molar-refractivity contribution < 1.29 is 14.6 Å². The van der Waals surface area contributed by atoms with E-state index in [0.717, 1.165) is 58.7 Å². The number of ether oxygens (including phenoxy) is 1. The molecule has 28 heavy (non-hydrogen) atoms. The maximum absolute atomic E-state index is 10.6. The minimum Gasteiger partial charge on any atom is -0.481 e. The molecule has 1 saturated heterocycles. The summed E-state index contributed by atoms with van der Waals surface area (Å²) >= 11 is 0. The van der Waals surface area contributed by atoms with Gasteiger partial charge in [0.05, 0.1) is 6.61 Å². The van der Waals surface area contributed by atoms with Crippen LogP contribution in [0, 0.1) is 0 Å². The number of unbranched alkanes of at least 4 members (excludes halogenated alkanes) is 2. The van der Waals surface area contributed by atoms with Gasteiger partial charge in [0, 0.05) is 36.7 Å². The highest BCUT2D eigenvalue weighted by atomic mass is 16.5. The van der Waals surface area contributed by atoms with Crippen LogP contribution in [0.15, 0.2) is 30.5 Å². The number of hydrogen-bond acceptors (Lipinski definition) is 3. The number of benzene rings is 1. The summed E-state index contributed by atoms with van der Waals surface area (Å²) in [4.78, 5) is 13.1. The van der Waals surface area contributed by atoms with E-state index in [4.69, 9.17) is 9.84 Å². The van der Waals surface area contributed by atoms with Crippen molar-refractivity contribution in [3.63, 3.8) is 0 Å². The van der Waals surface area contributed by atoms with Crippen molar-refractivity contribution in [1.82, 2.24) is 9.47 Å². The molecule has 3 rings (SSSR count). The van der Waals surface area contributed by atoms with Crippen LogP contribution in [0.4, 0.5) is 0 Å². The molecule has 0 radical (unpaired) electrons. The van der Waals surface area contributed by atoms with E-state index < -0.39 is 5.97 Å². The van der Waals surface area contributed by atoms with Gasteiger partial charge in [-0.25, -0.2) is 0 Å². The zero-order chi connectivity index (χ0) is 19.8. The minimum absolute atomic E-state index is 0.301. The average molecular weight is 387 g/mol. The van der Waals surface area contributed by atoms with Gasteiger partial charge in [0.1, 0.15) is 0 Å². The maximum atomic E-state index is 10.6. The fourth-order valence-electron chi connectivity index (χ4n) is 4.35. The van der Waals surface area contributed by atoms with Crippen LogP contribution in [0.2, 0.25) is 0 Å². The summed E-state index contributed by atoms with van der Waals surface area (Å²) in [5, 5.41) is 10.1. The molecule has 1 aliphatic heterocycles. The maximum Gasteiger partial charge on any atom is 0.303 e. The highest BCUT2D eigenvalue weighted by molar-refractivity contribution is 5.84. The van der Waals surface area contributed by atoms with Crippen LogP contribution in [0.3, 0.4) is 0 Å². The van der Waals surface area contributed by atoms with E-state index in [9.17, 15) is 4.79 Å². The van der Waals surface area contributed by atoms with Gasteiger partial charge < -0.3 is 19.3 Å². The number of carbonyl (C=O) groups is 1. The SMILES string of the molecule is CCOCCn1cc(C2CCN(CCCCCC(=O)O)CC2)c2ccccc21. The molecular weight excluding hydrogens is 352 g/mol. The van der Waals surface area contributed by atoms with Gasteiger partial charge >= 0.3 is 5.97 Å². The molecule has 2 heterocycles. The number of likely N-dealkylation sites (tertiary alicyclic amines) is 1. The van der Waals surface area contributed by atoms with Crippen molar-refractivity contribution in [2.24, 2.45) is 0 Å². The predicted octanol–water partition coefficient (Wildman–Crippen LogP) is 4.50. The normalized spacial score (nSPS) is 16.0. The van der Waals surface area contributed by atoms with E-state index in [1.54, 1.807) is 0 Å². The second-order valence-electron chi connectivity index (χ2n) is 7.81. The molecule has 2 aromatic rings. The topological polar surface area (TPSA) is 54.7 Å². The van der Waals surface area contributed by atoms with Crippen molar-refractivity contribution in [2.45, 2.75) is 57.9 Å². The van der Waals surface area contributed by atoms with E-state index in [0.29, 0.717) is 12.3 Å². The summed E-state index contributed by atoms with van der Waals surface area (Å²) in [5.41, 5.74) is 2.81. The smallest absolute Gasteiger partial charge is 0.303 e. The first kappa shape index (κ1) is 20.9. The number of carboxylic acids is 1. The van der Waals surface area contributed by atoms with Gasteiger partial charge in [0.2, 0.25) is 0 Å². The first-order valence-corrected chi connectivity index (χ1v) is 10.8. The Morgan fingerprint density at radius 3 is 2.68 bits per heavy atom. The number of piperidine rings is 1. The van der Waals surface area contributed by atoms with Gasteiger partial charge in [0.25, 0.3) is 0 Å². The zero-order valence-corrected chi connectivity index (χ0v) is 17.1. The summed E-state index contributed by atoms with van der Waals surface area (Å²) in [7, 11) is 0. The fraction of sp³-hybridized carbons (Fsp3) is 0.609. The van der Waals surface area contributed by atoms with Crippen LogP contribution in [0.5, 0.6) is 0 Å². The lowest BCUT2D eigenvalue weighted by molar-refractivity contribution is -0.137. The number of carboxylic acid groups (broad SMARTS) is 1. The van der Waals surface area contributed by atoms with E-state index in [-0.39, 0.29) is 0 Å². The van der Waals surface area contributed by atoms with Gasteiger partial charge in [-0.1, -0.05) is 24.6 Å². The average Bonchev–Trinajstić information content (AvgIpc) is 3.07. The Kier molecular flexibility index (Phi) is 7.92. The van der Waals surface area contributed by atoms with Crippen molar-refractivity contribution in [1.29, 1.82) is 0 Å². The molecule has 0 spiro atoms. The second kappa shape index (κ2) is 10.6. The summed E-state index contributed by atoms with van der Waals surface area (Å²) in [6.07, 6.45) is 7.98. The summed E-state index contributed by atoms with van der Waals surface area (Å²) < 4.78 is 7.92. The summed E-state index contributed by atoms with van der Waals surface area (Å²) in [6.45, 7) is 7.85. The Hall–Kier alpha value is -1.85. The third kappa shape index (κ3) is 5.58. The molecule has 5 nitrogen and oxygen atoms in total. The Balaban J connectivity index is 1.54. The fourth-order valence-corrected chi connectivity index (χ4v) is 4.35. The van der Waals surface area contributed by atoms with Crippen LogP contribution in [-0.2, 0) is 16.1 Å². The van der Waals surface area contributed by atoms with Crippen LogP contribution in [0.25, 0.3) is 10.9 Å². The third-order valence-corrected chi connectivity index (χ3v) is 5.89. The number of aliphatic carboxylic acids is 1. The Bertz CT molecular complexity index is 747. The molecule has 0 bridgehead atoms. The highest BCUT2D eigenvalue weighted by Crippen LogP contribution is 2.34. The Morgan fingerprint density at radius 1 is 1.14 bits per heavy atom. The van der Waals surface area contributed by atoms with Gasteiger partial charge in [-0.3, -0.25) is 4.79 Å². The first-order valence-electron chi connectivity index (χ1n) is 10.8. The zero-order valence-electron chi connectivity index (χ0n) is 17.1. The van der Waals surface area contributed by atoms with E-state index in [2.05, 4.69) is 39.9 Å². The number of rotatable bonds is 11. The number of para-hydroxylation sites is 1. The molecule has 1 aliphatic rings. The number of aromatic nitrogens is 1. The van der Waals surface area contributed by atoms with Gasteiger partial charge in [0.15, 0.2) is 0 Å². The van der Waals surface area contributed by atoms with Crippen LogP contribution < -0.4 is 0 Å². The minimum atomic E-state index is -0.679. The second-order valence-corrected chi connectivity index (χ2v) is 7.81. The van der Waals surface area contributed by atoms with Gasteiger partial charge in [-0.2, -0.15) is 0 Å². The van der Waals surface area contributed by atoms with Crippen LogP contribution >= 0.6 is 0 Å². The monoisotopic (exact) mass is 386 g/mol. The number of fused-ring (bicyclic) bond motifs is 1. The molecular formula is C23H34N2O3. The quantitative estimate of drug-likeness (QED) is 0.578. The molecule has 0 aliphatic carbocycles. The molecule has 154 valence electrons. The molecule has 1 fully saturated rings. The number of nitrogens with zero attached hydrogens (tertiary/aromatic N) is 2. The van der Waals surface area contributed by atoms with Crippen LogP contribution in [0.1, 0.15) is 56.9 Å². The van der Waals surface area contributed by atoms with E-state index in [1.165, 1.54) is 29.3 Å². The predicted molar refractivity (Wildman–Crippen MR) is 113 cm³/mol. The lowest BCUT2D eigenvalue weighted by Gasteiger charge is -2.32. The van der Waals surface area contributed by atoms with Gasteiger partial charge in [-0.05, 0) is 69.8 Å². The summed E-state index contributed by atoms with van der Waals surface area (Å²) in [5.74, 6) is -0.0530. The molecule has 1 aromatic heterocycles. The molecule has 0 saturated carbocycles. The third-order valence-electron chi connectivity index (χ3n) is 5.89. The molecule has 1 aromatic carbocycles. The van der Waals surface area contributed by atoms with Crippen molar-refractivity contribution >= 4 is 16.9 Å². The lowest BCUT2D eigenvalue weighted by Crippen LogP contribution is -2.33. The molecule has 1 N–H and O–H groups in total. The van der Waals surface area contributed by atoms with Gasteiger partial charge in [-0.15, -0.1) is 0 Å². The van der Waals surface area contributed by atoms with Crippen molar-refractivity contribution in [3.05, 3.63) is 36.0 Å². The van der Waals surface area contributed by atoms with E-state index in [1.807, 2.05) is 6.92 Å². The first-order chi connectivity index (χ1) is 13.7. The molecule has 0 unspecified atom stereocenters.